The van der Waals surface area contributed by atoms with E-state index in [0.29, 0.717) is 5.41 Å². The Kier molecular flexibility index (Phi) is 4.32. The maximum atomic E-state index is 10.3. The van der Waals surface area contributed by atoms with Gasteiger partial charge >= 0.3 is 0 Å². The highest BCUT2D eigenvalue weighted by molar-refractivity contribution is 5.23. The molecule has 106 valence electrons. The number of benzene rings is 1. The molecule has 19 heavy (non-hydrogen) atoms. The molecule has 1 N–H and O–H groups in total. The van der Waals surface area contributed by atoms with Crippen molar-refractivity contribution in [1.82, 2.24) is 4.90 Å². The van der Waals surface area contributed by atoms with Crippen molar-refractivity contribution >= 4 is 0 Å². The largest absolute Gasteiger partial charge is 0.387 e. The Morgan fingerprint density at radius 3 is 2.42 bits per heavy atom. The molecule has 0 radical (unpaired) electrons. The predicted molar refractivity (Wildman–Crippen MR) is 80.1 cm³/mol. The summed E-state index contributed by atoms with van der Waals surface area (Å²) in [6.07, 6.45) is 0.892. The Balaban J connectivity index is 1.90. The third-order valence-corrected chi connectivity index (χ3v) is 4.39. The SMILES string of the molecule is Cc1ccc(C(O)CN2CCC(C(C)(C)C)C2)cc1. The van der Waals surface area contributed by atoms with Gasteiger partial charge in [-0.2, -0.15) is 0 Å². The molecule has 2 atom stereocenters. The second-order valence-corrected chi connectivity index (χ2v) is 7.04. The maximum Gasteiger partial charge on any atom is 0.0916 e. The summed E-state index contributed by atoms with van der Waals surface area (Å²) >= 11 is 0. The molecular formula is C17H27NO. The molecule has 2 unspecified atom stereocenters. The van der Waals surface area contributed by atoms with Crippen molar-refractivity contribution in [2.45, 2.75) is 40.2 Å². The van der Waals surface area contributed by atoms with Gasteiger partial charge in [-0.15, -0.1) is 0 Å². The number of aliphatic hydroxyl groups excluding tert-OH is 1. The van der Waals surface area contributed by atoms with Crippen molar-refractivity contribution in [2.75, 3.05) is 19.6 Å². The van der Waals surface area contributed by atoms with Gasteiger partial charge in [0.2, 0.25) is 0 Å². The first-order chi connectivity index (χ1) is 8.86. The molecule has 0 saturated carbocycles. The fourth-order valence-electron chi connectivity index (χ4n) is 2.84. The lowest BCUT2D eigenvalue weighted by atomic mass is 9.80. The third-order valence-electron chi connectivity index (χ3n) is 4.39. The molecule has 1 aromatic carbocycles. The van der Waals surface area contributed by atoms with Crippen molar-refractivity contribution in [2.24, 2.45) is 11.3 Å². The molecule has 1 saturated heterocycles. The Bertz CT molecular complexity index is 404. The highest BCUT2D eigenvalue weighted by atomic mass is 16.3. The highest BCUT2D eigenvalue weighted by Gasteiger charge is 2.32. The van der Waals surface area contributed by atoms with Gasteiger partial charge < -0.3 is 10.0 Å². The minimum Gasteiger partial charge on any atom is -0.387 e. The van der Waals surface area contributed by atoms with Gasteiger partial charge in [0.1, 0.15) is 0 Å². The van der Waals surface area contributed by atoms with E-state index in [1.807, 2.05) is 12.1 Å². The zero-order chi connectivity index (χ0) is 14.0. The van der Waals surface area contributed by atoms with Crippen molar-refractivity contribution < 1.29 is 5.11 Å². The third kappa shape index (κ3) is 3.80. The fraction of sp³-hybridized carbons (Fsp3) is 0.647. The molecule has 1 aromatic rings. The van der Waals surface area contributed by atoms with Crippen LogP contribution in [-0.4, -0.2) is 29.6 Å². The van der Waals surface area contributed by atoms with E-state index in [1.54, 1.807) is 0 Å². The number of aliphatic hydroxyl groups is 1. The lowest BCUT2D eigenvalue weighted by Crippen LogP contribution is -2.29. The van der Waals surface area contributed by atoms with Crippen molar-refractivity contribution in [1.29, 1.82) is 0 Å². The lowest BCUT2D eigenvalue weighted by molar-refractivity contribution is 0.119. The van der Waals surface area contributed by atoms with Crippen LogP contribution in [0, 0.1) is 18.3 Å². The lowest BCUT2D eigenvalue weighted by Gasteiger charge is -2.27. The predicted octanol–water partition coefficient (Wildman–Crippen LogP) is 3.40. The molecule has 1 aliphatic heterocycles. The molecule has 0 amide bonds. The van der Waals surface area contributed by atoms with E-state index >= 15 is 0 Å². The summed E-state index contributed by atoms with van der Waals surface area (Å²) < 4.78 is 0. The van der Waals surface area contributed by atoms with Gasteiger partial charge in [-0.05, 0) is 36.8 Å². The zero-order valence-electron chi connectivity index (χ0n) is 12.7. The number of likely N-dealkylation sites (tertiary alicyclic amines) is 1. The quantitative estimate of drug-likeness (QED) is 0.901. The normalized spacial score (nSPS) is 22.7. The van der Waals surface area contributed by atoms with Gasteiger partial charge in [0.25, 0.3) is 0 Å². The van der Waals surface area contributed by atoms with Crippen LogP contribution in [-0.2, 0) is 0 Å². The Hall–Kier alpha value is -0.860. The molecule has 0 aliphatic carbocycles. The van der Waals surface area contributed by atoms with E-state index < -0.39 is 0 Å². The van der Waals surface area contributed by atoms with E-state index in [-0.39, 0.29) is 6.10 Å². The summed E-state index contributed by atoms with van der Waals surface area (Å²) in [5, 5.41) is 10.3. The molecule has 2 nitrogen and oxygen atoms in total. The maximum absolute atomic E-state index is 10.3. The second-order valence-electron chi connectivity index (χ2n) is 7.04. The van der Waals surface area contributed by atoms with Gasteiger partial charge in [-0.3, -0.25) is 0 Å². The van der Waals surface area contributed by atoms with E-state index in [2.05, 4.69) is 44.7 Å². The topological polar surface area (TPSA) is 23.5 Å². The minimum absolute atomic E-state index is 0.362. The number of β-amino-alcohol motifs (C(OH)–C–C–N with tert-alkyl or cyclic N) is 1. The van der Waals surface area contributed by atoms with Crippen LogP contribution in [0.1, 0.15) is 44.4 Å². The summed E-state index contributed by atoms with van der Waals surface area (Å²) in [6.45, 7) is 12.0. The van der Waals surface area contributed by atoms with E-state index in [4.69, 9.17) is 0 Å². The van der Waals surface area contributed by atoms with Crippen LogP contribution < -0.4 is 0 Å². The van der Waals surface area contributed by atoms with Crippen LogP contribution in [0.25, 0.3) is 0 Å². The first-order valence-corrected chi connectivity index (χ1v) is 7.33. The Labute approximate surface area is 117 Å². The zero-order valence-corrected chi connectivity index (χ0v) is 12.7. The first-order valence-electron chi connectivity index (χ1n) is 7.33. The average molecular weight is 261 g/mol. The number of aryl methyl sites for hydroxylation is 1. The van der Waals surface area contributed by atoms with Crippen LogP contribution in [0.3, 0.4) is 0 Å². The van der Waals surface area contributed by atoms with Crippen LogP contribution in [0.4, 0.5) is 0 Å². The molecule has 2 heteroatoms. The van der Waals surface area contributed by atoms with Gasteiger partial charge in [-0.25, -0.2) is 0 Å². The molecular weight excluding hydrogens is 234 g/mol. The van der Waals surface area contributed by atoms with Gasteiger partial charge in [0.05, 0.1) is 6.10 Å². The van der Waals surface area contributed by atoms with Crippen LogP contribution in [0.2, 0.25) is 0 Å². The standard InChI is InChI=1S/C17H27NO/c1-13-5-7-14(8-6-13)16(19)12-18-10-9-15(11-18)17(2,3)4/h5-8,15-16,19H,9-12H2,1-4H3. The molecule has 0 bridgehead atoms. The second kappa shape index (κ2) is 5.64. The summed E-state index contributed by atoms with van der Waals surface area (Å²) in [5.74, 6) is 0.748. The molecule has 0 aromatic heterocycles. The van der Waals surface area contributed by atoms with Gasteiger partial charge in [0, 0.05) is 13.1 Å². The molecule has 1 fully saturated rings. The number of hydrogen-bond donors (Lipinski definition) is 1. The summed E-state index contributed by atoms with van der Waals surface area (Å²) in [4.78, 5) is 2.40. The van der Waals surface area contributed by atoms with E-state index in [9.17, 15) is 5.11 Å². The average Bonchev–Trinajstić information content (AvgIpc) is 2.78. The van der Waals surface area contributed by atoms with Gasteiger partial charge in [0.15, 0.2) is 0 Å². The number of rotatable bonds is 3. The molecule has 2 rings (SSSR count). The van der Waals surface area contributed by atoms with Crippen molar-refractivity contribution in [3.63, 3.8) is 0 Å². The Morgan fingerprint density at radius 2 is 1.89 bits per heavy atom. The number of nitrogens with zero attached hydrogens (tertiary/aromatic N) is 1. The van der Waals surface area contributed by atoms with Crippen molar-refractivity contribution in [3.05, 3.63) is 35.4 Å². The van der Waals surface area contributed by atoms with Crippen molar-refractivity contribution in [3.8, 4) is 0 Å². The Morgan fingerprint density at radius 1 is 1.26 bits per heavy atom. The summed E-state index contributed by atoms with van der Waals surface area (Å²) in [6, 6.07) is 8.22. The minimum atomic E-state index is -0.362. The fourth-order valence-corrected chi connectivity index (χ4v) is 2.84. The van der Waals surface area contributed by atoms with Crippen LogP contribution in [0.15, 0.2) is 24.3 Å². The summed E-state index contributed by atoms with van der Waals surface area (Å²) in [5.41, 5.74) is 2.65. The van der Waals surface area contributed by atoms with E-state index in [0.717, 1.165) is 31.1 Å². The molecule has 0 spiro atoms. The van der Waals surface area contributed by atoms with Gasteiger partial charge in [-0.1, -0.05) is 50.6 Å². The highest BCUT2D eigenvalue weighted by Crippen LogP contribution is 2.34. The van der Waals surface area contributed by atoms with Crippen LogP contribution >= 0.6 is 0 Å². The smallest absolute Gasteiger partial charge is 0.0916 e. The molecule has 1 aliphatic rings. The first kappa shape index (κ1) is 14.5. The van der Waals surface area contributed by atoms with Crippen LogP contribution in [0.5, 0.6) is 0 Å². The molecule has 1 heterocycles. The number of hydrogen-bond acceptors (Lipinski definition) is 2. The summed E-state index contributed by atoms with van der Waals surface area (Å²) in [7, 11) is 0. The van der Waals surface area contributed by atoms with E-state index in [1.165, 1.54) is 12.0 Å². The monoisotopic (exact) mass is 261 g/mol.